The van der Waals surface area contributed by atoms with Crippen LogP contribution in [0.5, 0.6) is 0 Å². The molecule has 1 heterocycles. The number of hydrogen-bond acceptors (Lipinski definition) is 2. The third kappa shape index (κ3) is 3.45. The van der Waals surface area contributed by atoms with Crippen molar-refractivity contribution in [1.29, 1.82) is 0 Å². The van der Waals surface area contributed by atoms with Crippen LogP contribution in [-0.4, -0.2) is 0 Å². The Morgan fingerprint density at radius 3 is 2.06 bits per heavy atom. The molecule has 6 aromatic rings. The molecule has 0 saturated heterocycles. The van der Waals surface area contributed by atoms with E-state index < -0.39 is 0 Å². The lowest BCUT2D eigenvalue weighted by Gasteiger charge is -2.10. The highest BCUT2D eigenvalue weighted by Gasteiger charge is 2.10. The van der Waals surface area contributed by atoms with Gasteiger partial charge in [-0.3, -0.25) is 0 Å². The molecule has 0 spiro atoms. The number of hydrogen-bond donors (Lipinski definition) is 1. The molecule has 0 aliphatic carbocycles. The molecule has 2 heteroatoms. The standard InChI is InChI=1S/C30H21NS/c1-2-8-21(9-3-1)23-10-6-11-25(20-23)31-24-18-16-22(17-19-24)26-13-7-15-29-30(26)27-12-4-5-14-28(27)32-29/h1-20,31H. The molecule has 1 nitrogen and oxygen atoms in total. The molecule has 0 aliphatic heterocycles. The van der Waals surface area contributed by atoms with Crippen LogP contribution in [0.15, 0.2) is 121 Å². The lowest BCUT2D eigenvalue weighted by Crippen LogP contribution is -1.91. The summed E-state index contributed by atoms with van der Waals surface area (Å²) in [5.41, 5.74) is 7.14. The van der Waals surface area contributed by atoms with Crippen LogP contribution in [-0.2, 0) is 0 Å². The Morgan fingerprint density at radius 1 is 0.469 bits per heavy atom. The summed E-state index contributed by atoms with van der Waals surface area (Å²) in [5.74, 6) is 0. The van der Waals surface area contributed by atoms with Gasteiger partial charge in [0.15, 0.2) is 0 Å². The highest BCUT2D eigenvalue weighted by atomic mass is 32.1. The predicted octanol–water partition coefficient (Wildman–Crippen LogP) is 9.13. The van der Waals surface area contributed by atoms with Crippen LogP contribution in [0.25, 0.3) is 42.4 Å². The molecule has 1 N–H and O–H groups in total. The SMILES string of the molecule is c1ccc(-c2cccc(Nc3ccc(-c4cccc5sc6ccccc6c45)cc3)c2)cc1. The lowest BCUT2D eigenvalue weighted by molar-refractivity contribution is 1.54. The van der Waals surface area contributed by atoms with Gasteiger partial charge in [-0.1, -0.05) is 84.9 Å². The van der Waals surface area contributed by atoms with Gasteiger partial charge in [0.25, 0.3) is 0 Å². The van der Waals surface area contributed by atoms with E-state index in [1.807, 2.05) is 17.4 Å². The van der Waals surface area contributed by atoms with Gasteiger partial charge in [-0.15, -0.1) is 11.3 Å². The Morgan fingerprint density at radius 2 is 1.19 bits per heavy atom. The quantitative estimate of drug-likeness (QED) is 0.296. The summed E-state index contributed by atoms with van der Waals surface area (Å²) in [4.78, 5) is 0. The molecule has 6 rings (SSSR count). The minimum Gasteiger partial charge on any atom is -0.356 e. The molecular weight excluding hydrogens is 406 g/mol. The van der Waals surface area contributed by atoms with Crippen LogP contribution in [0.1, 0.15) is 0 Å². The Bertz CT molecular complexity index is 1530. The van der Waals surface area contributed by atoms with E-state index in [4.69, 9.17) is 0 Å². The van der Waals surface area contributed by atoms with E-state index in [1.54, 1.807) is 0 Å². The lowest BCUT2D eigenvalue weighted by atomic mass is 9.99. The van der Waals surface area contributed by atoms with Gasteiger partial charge in [0.2, 0.25) is 0 Å². The van der Waals surface area contributed by atoms with E-state index in [0.29, 0.717) is 0 Å². The Hall–Kier alpha value is -3.88. The van der Waals surface area contributed by atoms with Crippen molar-refractivity contribution in [3.8, 4) is 22.3 Å². The first-order chi connectivity index (χ1) is 15.8. The average Bonchev–Trinajstić information content (AvgIpc) is 3.24. The maximum atomic E-state index is 3.56. The zero-order valence-electron chi connectivity index (χ0n) is 17.5. The van der Waals surface area contributed by atoms with Crippen molar-refractivity contribution in [1.82, 2.24) is 0 Å². The van der Waals surface area contributed by atoms with Crippen molar-refractivity contribution in [2.75, 3.05) is 5.32 Å². The van der Waals surface area contributed by atoms with Crippen LogP contribution in [0, 0.1) is 0 Å². The largest absolute Gasteiger partial charge is 0.356 e. The van der Waals surface area contributed by atoms with Crippen molar-refractivity contribution < 1.29 is 0 Å². The minimum absolute atomic E-state index is 1.08. The van der Waals surface area contributed by atoms with E-state index in [0.717, 1.165) is 11.4 Å². The van der Waals surface area contributed by atoms with Crippen molar-refractivity contribution in [2.45, 2.75) is 0 Å². The summed E-state index contributed by atoms with van der Waals surface area (Å²) in [6.07, 6.45) is 0. The molecule has 0 unspecified atom stereocenters. The second kappa shape index (κ2) is 7.99. The van der Waals surface area contributed by atoms with Gasteiger partial charge in [-0.2, -0.15) is 0 Å². The summed E-state index contributed by atoms with van der Waals surface area (Å²) in [6, 6.07) is 43.1. The maximum Gasteiger partial charge on any atom is 0.0390 e. The first-order valence-corrected chi connectivity index (χ1v) is 11.6. The van der Waals surface area contributed by atoms with Crippen molar-refractivity contribution in [3.05, 3.63) is 121 Å². The molecule has 32 heavy (non-hydrogen) atoms. The minimum atomic E-state index is 1.08. The first-order valence-electron chi connectivity index (χ1n) is 10.8. The van der Waals surface area contributed by atoms with Gasteiger partial charge in [0, 0.05) is 31.5 Å². The third-order valence-electron chi connectivity index (χ3n) is 5.86. The fourth-order valence-electron chi connectivity index (χ4n) is 4.32. The van der Waals surface area contributed by atoms with Crippen LogP contribution >= 0.6 is 11.3 Å². The predicted molar refractivity (Wildman–Crippen MR) is 140 cm³/mol. The highest BCUT2D eigenvalue weighted by molar-refractivity contribution is 7.25. The summed E-state index contributed by atoms with van der Waals surface area (Å²) >= 11 is 1.86. The Kier molecular flexibility index (Phi) is 4.71. The van der Waals surface area contributed by atoms with E-state index in [2.05, 4.69) is 121 Å². The Balaban J connectivity index is 1.32. The van der Waals surface area contributed by atoms with Crippen LogP contribution in [0.2, 0.25) is 0 Å². The van der Waals surface area contributed by atoms with E-state index in [9.17, 15) is 0 Å². The third-order valence-corrected chi connectivity index (χ3v) is 6.99. The summed E-state index contributed by atoms with van der Waals surface area (Å²) in [7, 11) is 0. The number of nitrogens with one attached hydrogen (secondary N) is 1. The summed E-state index contributed by atoms with van der Waals surface area (Å²) < 4.78 is 2.68. The molecule has 0 atom stereocenters. The van der Waals surface area contributed by atoms with Crippen molar-refractivity contribution in [2.24, 2.45) is 0 Å². The molecule has 1 aromatic heterocycles. The fourth-order valence-corrected chi connectivity index (χ4v) is 5.45. The molecular formula is C30H21NS. The smallest absolute Gasteiger partial charge is 0.0390 e. The van der Waals surface area contributed by atoms with Gasteiger partial charge < -0.3 is 5.32 Å². The monoisotopic (exact) mass is 427 g/mol. The van der Waals surface area contributed by atoms with Crippen LogP contribution in [0.3, 0.4) is 0 Å². The highest BCUT2D eigenvalue weighted by Crippen LogP contribution is 2.40. The molecule has 0 saturated carbocycles. The zero-order chi connectivity index (χ0) is 21.3. The van der Waals surface area contributed by atoms with Gasteiger partial charge in [-0.25, -0.2) is 0 Å². The Labute approximate surface area is 191 Å². The summed E-state index contributed by atoms with van der Waals surface area (Å²) in [6.45, 7) is 0. The number of anilines is 2. The topological polar surface area (TPSA) is 12.0 Å². The van der Waals surface area contributed by atoms with Crippen molar-refractivity contribution in [3.63, 3.8) is 0 Å². The molecule has 0 bridgehead atoms. The van der Waals surface area contributed by atoms with Gasteiger partial charge in [-0.05, 0) is 58.7 Å². The fraction of sp³-hybridized carbons (Fsp3) is 0. The van der Waals surface area contributed by atoms with Gasteiger partial charge >= 0.3 is 0 Å². The number of thiophene rings is 1. The zero-order valence-corrected chi connectivity index (χ0v) is 18.3. The number of benzene rings is 5. The maximum absolute atomic E-state index is 3.56. The van der Waals surface area contributed by atoms with Crippen LogP contribution < -0.4 is 5.32 Å². The molecule has 152 valence electrons. The van der Waals surface area contributed by atoms with E-state index in [-0.39, 0.29) is 0 Å². The summed E-state index contributed by atoms with van der Waals surface area (Å²) in [5, 5.41) is 6.24. The van der Waals surface area contributed by atoms with Gasteiger partial charge in [0.05, 0.1) is 0 Å². The van der Waals surface area contributed by atoms with Crippen molar-refractivity contribution >= 4 is 42.9 Å². The second-order valence-corrected chi connectivity index (χ2v) is 9.01. The normalized spacial score (nSPS) is 11.1. The number of rotatable bonds is 4. The molecule has 0 radical (unpaired) electrons. The number of fused-ring (bicyclic) bond motifs is 3. The van der Waals surface area contributed by atoms with E-state index in [1.165, 1.54) is 42.4 Å². The second-order valence-electron chi connectivity index (χ2n) is 7.93. The van der Waals surface area contributed by atoms with E-state index >= 15 is 0 Å². The van der Waals surface area contributed by atoms with Gasteiger partial charge in [0.1, 0.15) is 0 Å². The molecule has 5 aromatic carbocycles. The van der Waals surface area contributed by atoms with Crippen LogP contribution in [0.4, 0.5) is 11.4 Å². The molecule has 0 fully saturated rings. The molecule has 0 aliphatic rings. The molecule has 0 amide bonds. The average molecular weight is 428 g/mol. The first kappa shape index (κ1) is 18.9.